The van der Waals surface area contributed by atoms with Crippen LogP contribution in [-0.2, 0) is 0 Å². The summed E-state index contributed by atoms with van der Waals surface area (Å²) in [4.78, 5) is 17.2. The second kappa shape index (κ2) is 13.4. The number of hydrogen-bond acceptors (Lipinski definition) is 4. The molecule has 5 heteroatoms. The lowest BCUT2D eigenvalue weighted by atomic mass is 10.1. The molecule has 0 bridgehead atoms. The van der Waals surface area contributed by atoms with Gasteiger partial charge in [-0.3, -0.25) is 13.7 Å². The summed E-state index contributed by atoms with van der Waals surface area (Å²) in [5.41, 5.74) is 2.56. The largest absolute Gasteiger partial charge is 0.298 e. The zero-order valence-electron chi connectivity index (χ0n) is 18.8. The summed E-state index contributed by atoms with van der Waals surface area (Å²) < 4.78 is 4.06. The van der Waals surface area contributed by atoms with Gasteiger partial charge in [0.15, 0.2) is 5.43 Å². The quantitative estimate of drug-likeness (QED) is 0.332. The summed E-state index contributed by atoms with van der Waals surface area (Å²) in [5.74, 6) is 0.796. The van der Waals surface area contributed by atoms with Crippen LogP contribution >= 0.6 is 11.9 Å². The molecule has 2 aromatic heterocycles. The number of pyridine rings is 2. The van der Waals surface area contributed by atoms with Gasteiger partial charge in [0.05, 0.1) is 5.39 Å². The zero-order chi connectivity index (χ0) is 22.5. The van der Waals surface area contributed by atoms with Crippen LogP contribution in [0.4, 0.5) is 5.82 Å². The number of benzene rings is 1. The maximum absolute atomic E-state index is 12.7. The van der Waals surface area contributed by atoms with Crippen molar-refractivity contribution in [1.82, 2.24) is 9.55 Å². The first-order valence-corrected chi connectivity index (χ1v) is 11.4. The highest BCUT2D eigenvalue weighted by atomic mass is 32.2. The molecule has 160 valence electrons. The first kappa shape index (κ1) is 25.2. The molecule has 3 rings (SSSR count). The van der Waals surface area contributed by atoms with Crippen molar-refractivity contribution in [3.05, 3.63) is 89.8 Å². The minimum absolute atomic E-state index is 0.0131. The molecule has 0 saturated heterocycles. The van der Waals surface area contributed by atoms with Crippen LogP contribution in [0.25, 0.3) is 16.7 Å². The van der Waals surface area contributed by atoms with E-state index in [1.165, 1.54) is 0 Å². The second-order valence-corrected chi connectivity index (χ2v) is 6.90. The Morgan fingerprint density at radius 3 is 2.30 bits per heavy atom. The molecule has 4 nitrogen and oxygen atoms in total. The Bertz CT molecular complexity index is 996. The average Bonchev–Trinajstić information content (AvgIpc) is 2.79. The molecule has 0 saturated carbocycles. The van der Waals surface area contributed by atoms with Gasteiger partial charge in [-0.1, -0.05) is 63.1 Å². The first-order valence-electron chi connectivity index (χ1n) is 10.2. The molecule has 0 aliphatic heterocycles. The third kappa shape index (κ3) is 6.10. The van der Waals surface area contributed by atoms with Gasteiger partial charge in [-0.05, 0) is 37.1 Å². The number of anilines is 1. The van der Waals surface area contributed by atoms with E-state index in [2.05, 4.69) is 25.1 Å². The van der Waals surface area contributed by atoms with Crippen LogP contribution in [0.15, 0.2) is 78.8 Å². The van der Waals surface area contributed by atoms with Gasteiger partial charge < -0.3 is 0 Å². The van der Waals surface area contributed by atoms with E-state index in [1.54, 1.807) is 24.2 Å². The van der Waals surface area contributed by atoms with Crippen molar-refractivity contribution in [3.63, 3.8) is 0 Å². The van der Waals surface area contributed by atoms with Crippen molar-refractivity contribution < 1.29 is 0 Å². The minimum atomic E-state index is -0.0131. The predicted octanol–water partition coefficient (Wildman–Crippen LogP) is 6.57. The highest BCUT2D eigenvalue weighted by Gasteiger charge is 2.17. The number of nitrogens with zero attached hydrogens (tertiary/aromatic N) is 3. The molecular weight excluding hydrogens is 390 g/mol. The Balaban J connectivity index is 0.000000673. The molecule has 2 heterocycles. The van der Waals surface area contributed by atoms with E-state index < -0.39 is 0 Å². The fourth-order valence-corrected chi connectivity index (χ4v) is 3.35. The lowest BCUT2D eigenvalue weighted by Gasteiger charge is -2.25. The molecule has 3 aromatic rings. The maximum Gasteiger partial charge on any atom is 0.193 e. The van der Waals surface area contributed by atoms with Crippen LogP contribution in [0, 0.1) is 6.92 Å². The third-order valence-corrected chi connectivity index (χ3v) is 4.94. The number of allylic oxidation sites excluding steroid dienone is 1. The number of hydrogen-bond donors (Lipinski definition) is 0. The molecule has 1 aromatic carbocycles. The summed E-state index contributed by atoms with van der Waals surface area (Å²) in [6, 6.07) is 13.5. The van der Waals surface area contributed by atoms with E-state index >= 15 is 0 Å². The average molecular weight is 424 g/mol. The lowest BCUT2D eigenvalue weighted by Crippen LogP contribution is -2.22. The van der Waals surface area contributed by atoms with Crippen LogP contribution in [-0.4, -0.2) is 22.4 Å². The minimum Gasteiger partial charge on any atom is -0.298 e. The fraction of sp³-hybridized carbons (Fsp3) is 0.280. The number of fused-ring (bicyclic) bond motifs is 1. The van der Waals surface area contributed by atoms with Gasteiger partial charge in [-0.15, -0.1) is 13.2 Å². The van der Waals surface area contributed by atoms with Crippen molar-refractivity contribution in [1.29, 1.82) is 0 Å². The maximum atomic E-state index is 12.7. The Kier molecular flexibility index (Phi) is 11.3. The van der Waals surface area contributed by atoms with Gasteiger partial charge >= 0.3 is 0 Å². The van der Waals surface area contributed by atoms with Gasteiger partial charge in [-0.25, -0.2) is 4.98 Å². The van der Waals surface area contributed by atoms with Crippen LogP contribution in [0.2, 0.25) is 0 Å². The van der Waals surface area contributed by atoms with Crippen molar-refractivity contribution >= 4 is 28.8 Å². The van der Waals surface area contributed by atoms with Crippen LogP contribution in [0.5, 0.6) is 0 Å². The van der Waals surface area contributed by atoms with Crippen LogP contribution < -0.4 is 9.73 Å². The third-order valence-electron chi connectivity index (χ3n) is 4.16. The van der Waals surface area contributed by atoms with Crippen LogP contribution in [0.1, 0.15) is 32.8 Å². The second-order valence-electron chi connectivity index (χ2n) is 6.09. The van der Waals surface area contributed by atoms with Gasteiger partial charge in [0.1, 0.15) is 11.5 Å². The van der Waals surface area contributed by atoms with Crippen molar-refractivity contribution in [2.24, 2.45) is 0 Å². The first-order chi connectivity index (χ1) is 14.6. The SMILES string of the molecule is C=CCC.C=CCN(SC)c1cc(=O)c2c(C)ccnc2n1-c1ccccc1.CC. The molecule has 0 radical (unpaired) electrons. The smallest absolute Gasteiger partial charge is 0.193 e. The summed E-state index contributed by atoms with van der Waals surface area (Å²) in [6.07, 6.45) is 8.51. The molecule has 0 N–H and O–H groups in total. The molecular formula is C25H33N3OS. The van der Waals surface area contributed by atoms with E-state index in [-0.39, 0.29) is 5.43 Å². The number of aromatic nitrogens is 2. The van der Waals surface area contributed by atoms with Gasteiger partial charge in [0.25, 0.3) is 0 Å². The Labute approximate surface area is 185 Å². The number of aryl methyl sites for hydroxylation is 1. The van der Waals surface area contributed by atoms with Crippen molar-refractivity contribution in [3.8, 4) is 5.69 Å². The zero-order valence-corrected chi connectivity index (χ0v) is 19.6. The van der Waals surface area contributed by atoms with Gasteiger partial charge in [-0.2, -0.15) is 0 Å². The van der Waals surface area contributed by atoms with Gasteiger partial charge in [0.2, 0.25) is 0 Å². The van der Waals surface area contributed by atoms with E-state index in [1.807, 2.05) is 84.4 Å². The fourth-order valence-electron chi connectivity index (χ4n) is 2.77. The van der Waals surface area contributed by atoms with Gasteiger partial charge in [0, 0.05) is 30.8 Å². The molecule has 0 atom stereocenters. The monoisotopic (exact) mass is 423 g/mol. The predicted molar refractivity (Wildman–Crippen MR) is 135 cm³/mol. The standard InChI is InChI=1S/C19H19N3OS.C4H8.C2H6/c1-4-12-21(24-3)17-13-16(23)18-14(2)10-11-20-19(18)22(17)15-8-6-5-7-9-15;1-3-4-2;1-2/h4-11,13H,1,12H2,2-3H3;3H,1,4H2,2H3;1-2H3. The van der Waals surface area contributed by atoms with E-state index in [0.717, 1.165) is 23.5 Å². The van der Waals surface area contributed by atoms with E-state index in [0.29, 0.717) is 17.6 Å². The van der Waals surface area contributed by atoms with E-state index in [9.17, 15) is 4.79 Å². The van der Waals surface area contributed by atoms with Crippen molar-refractivity contribution in [2.45, 2.75) is 34.1 Å². The molecule has 0 spiro atoms. The topological polar surface area (TPSA) is 38.1 Å². The summed E-state index contributed by atoms with van der Waals surface area (Å²) in [7, 11) is 0. The normalized spacial score (nSPS) is 9.63. The summed E-state index contributed by atoms with van der Waals surface area (Å²) in [5, 5.41) is 0.657. The molecule has 0 aliphatic carbocycles. The van der Waals surface area contributed by atoms with E-state index in [4.69, 9.17) is 0 Å². The molecule has 30 heavy (non-hydrogen) atoms. The molecule has 0 amide bonds. The molecule has 0 aliphatic rings. The van der Waals surface area contributed by atoms with Crippen LogP contribution in [0.3, 0.4) is 0 Å². The summed E-state index contributed by atoms with van der Waals surface area (Å²) >= 11 is 1.55. The summed E-state index contributed by atoms with van der Waals surface area (Å²) in [6.45, 7) is 15.9. The molecule has 0 fully saturated rings. The molecule has 0 unspecified atom stereocenters. The Hall–Kier alpha value is -2.79. The highest BCUT2D eigenvalue weighted by molar-refractivity contribution is 7.99. The lowest BCUT2D eigenvalue weighted by molar-refractivity contribution is 1.01. The number of para-hydroxylation sites is 1. The highest BCUT2D eigenvalue weighted by Crippen LogP contribution is 2.28. The van der Waals surface area contributed by atoms with Crippen molar-refractivity contribution in [2.75, 3.05) is 17.1 Å². The number of rotatable bonds is 6. The Morgan fingerprint density at radius 2 is 1.77 bits per heavy atom. The Morgan fingerprint density at radius 1 is 1.13 bits per heavy atom.